The fourth-order valence-corrected chi connectivity index (χ4v) is 1.14. The molecule has 0 saturated heterocycles. The number of carboxylic acid groups (broad SMARTS) is 1. The molecular formula is C11H21NO4. The van der Waals surface area contributed by atoms with Gasteiger partial charge in [0.05, 0.1) is 0 Å². The summed E-state index contributed by atoms with van der Waals surface area (Å²) in [5.41, 5.74) is -0.509. The Kier molecular flexibility index (Phi) is 5.85. The third-order valence-corrected chi connectivity index (χ3v) is 1.79. The number of hydrogen-bond acceptors (Lipinski definition) is 3. The number of carboxylic acids is 1. The Morgan fingerprint density at radius 2 is 1.94 bits per heavy atom. The molecule has 16 heavy (non-hydrogen) atoms. The third-order valence-electron chi connectivity index (χ3n) is 1.79. The summed E-state index contributed by atoms with van der Waals surface area (Å²) in [4.78, 5) is 21.6. The van der Waals surface area contributed by atoms with Gasteiger partial charge in [0, 0.05) is 12.5 Å². The molecule has 0 aromatic carbocycles. The summed E-state index contributed by atoms with van der Waals surface area (Å²) in [6.07, 6.45) is 0.841. The molecule has 0 aliphatic carbocycles. The molecule has 5 nitrogen and oxygen atoms in total. The number of ether oxygens (including phenoxy) is 1. The molecule has 0 aromatic heterocycles. The van der Waals surface area contributed by atoms with Gasteiger partial charge in [-0.2, -0.15) is 0 Å². The lowest BCUT2D eigenvalue weighted by molar-refractivity contribution is -0.137. The van der Waals surface area contributed by atoms with Crippen molar-refractivity contribution in [2.24, 2.45) is 0 Å². The van der Waals surface area contributed by atoms with Gasteiger partial charge >= 0.3 is 12.1 Å². The number of amides is 1. The Labute approximate surface area is 96.2 Å². The molecule has 0 spiro atoms. The van der Waals surface area contributed by atoms with E-state index >= 15 is 0 Å². The first kappa shape index (κ1) is 14.7. The minimum Gasteiger partial charge on any atom is -0.481 e. The highest BCUT2D eigenvalue weighted by molar-refractivity contribution is 5.68. The Morgan fingerprint density at radius 1 is 1.38 bits per heavy atom. The van der Waals surface area contributed by atoms with E-state index in [0.717, 1.165) is 0 Å². The largest absolute Gasteiger partial charge is 0.481 e. The van der Waals surface area contributed by atoms with Crippen LogP contribution in [0.25, 0.3) is 0 Å². The second kappa shape index (κ2) is 6.35. The van der Waals surface area contributed by atoms with Crippen molar-refractivity contribution in [3.8, 4) is 0 Å². The summed E-state index contributed by atoms with van der Waals surface area (Å²) in [6.45, 7) is 7.21. The number of carbonyl (C=O) groups excluding carboxylic acids is 1. The van der Waals surface area contributed by atoms with E-state index in [-0.39, 0.29) is 12.5 Å². The van der Waals surface area contributed by atoms with Gasteiger partial charge < -0.3 is 15.2 Å². The monoisotopic (exact) mass is 231 g/mol. The van der Waals surface area contributed by atoms with E-state index < -0.39 is 17.7 Å². The van der Waals surface area contributed by atoms with Crippen LogP contribution in [-0.4, -0.2) is 28.8 Å². The quantitative estimate of drug-likeness (QED) is 0.760. The second-order valence-electron chi connectivity index (χ2n) is 4.83. The lowest BCUT2D eigenvalue weighted by atomic mass is 10.1. The standard InChI is InChI=1S/C11H21NO4/c1-8(6-5-7-9(13)14)12-10(15)16-11(2,3)4/h8H,5-7H2,1-4H3,(H,12,15)(H,13,14)/t8-/m0/s1. The van der Waals surface area contributed by atoms with Crippen LogP contribution >= 0.6 is 0 Å². The van der Waals surface area contributed by atoms with Crippen LogP contribution in [0, 0.1) is 0 Å². The van der Waals surface area contributed by atoms with Crippen LogP contribution < -0.4 is 5.32 Å². The molecule has 1 amide bonds. The van der Waals surface area contributed by atoms with Gasteiger partial charge in [-0.25, -0.2) is 4.79 Å². The van der Waals surface area contributed by atoms with Crippen molar-refractivity contribution < 1.29 is 19.4 Å². The van der Waals surface area contributed by atoms with Crippen LogP contribution in [0.15, 0.2) is 0 Å². The van der Waals surface area contributed by atoms with Gasteiger partial charge in [-0.15, -0.1) is 0 Å². The number of carbonyl (C=O) groups is 2. The first-order valence-corrected chi connectivity index (χ1v) is 5.42. The summed E-state index contributed by atoms with van der Waals surface area (Å²) < 4.78 is 5.07. The van der Waals surface area contributed by atoms with Crippen molar-refractivity contribution in [2.75, 3.05) is 0 Å². The minimum atomic E-state index is -0.815. The molecular weight excluding hydrogens is 210 g/mol. The Morgan fingerprint density at radius 3 is 2.38 bits per heavy atom. The topological polar surface area (TPSA) is 75.6 Å². The highest BCUT2D eigenvalue weighted by Gasteiger charge is 2.17. The molecule has 0 saturated carbocycles. The molecule has 94 valence electrons. The van der Waals surface area contributed by atoms with Crippen LogP contribution in [0.4, 0.5) is 4.79 Å². The average Bonchev–Trinajstić information content (AvgIpc) is 1.98. The summed E-state index contributed by atoms with van der Waals surface area (Å²) in [6, 6.07) is -0.0748. The van der Waals surface area contributed by atoms with E-state index in [1.807, 2.05) is 6.92 Å². The minimum absolute atomic E-state index is 0.0748. The zero-order valence-electron chi connectivity index (χ0n) is 10.4. The zero-order chi connectivity index (χ0) is 12.8. The van der Waals surface area contributed by atoms with Crippen molar-refractivity contribution in [1.82, 2.24) is 5.32 Å². The number of hydrogen-bond donors (Lipinski definition) is 2. The predicted octanol–water partition coefficient (Wildman–Crippen LogP) is 2.15. The van der Waals surface area contributed by atoms with E-state index in [2.05, 4.69) is 5.32 Å². The molecule has 2 N–H and O–H groups in total. The van der Waals surface area contributed by atoms with Gasteiger partial charge in [-0.1, -0.05) is 0 Å². The number of nitrogens with one attached hydrogen (secondary N) is 1. The van der Waals surface area contributed by atoms with E-state index in [1.54, 1.807) is 20.8 Å². The van der Waals surface area contributed by atoms with Gasteiger partial charge in [0.1, 0.15) is 5.60 Å². The molecule has 1 atom stereocenters. The van der Waals surface area contributed by atoms with E-state index in [1.165, 1.54) is 0 Å². The highest BCUT2D eigenvalue weighted by Crippen LogP contribution is 2.07. The third kappa shape index (κ3) is 9.30. The molecule has 5 heteroatoms. The maximum atomic E-state index is 11.3. The molecule has 0 rings (SSSR count). The first-order chi connectivity index (χ1) is 7.20. The molecule has 0 radical (unpaired) electrons. The first-order valence-electron chi connectivity index (χ1n) is 5.42. The molecule has 0 fully saturated rings. The van der Waals surface area contributed by atoms with Crippen molar-refractivity contribution in [3.05, 3.63) is 0 Å². The number of rotatable bonds is 5. The Balaban J connectivity index is 3.74. The van der Waals surface area contributed by atoms with Gasteiger partial charge in [-0.05, 0) is 40.5 Å². The van der Waals surface area contributed by atoms with E-state index in [0.29, 0.717) is 12.8 Å². The second-order valence-corrected chi connectivity index (χ2v) is 4.83. The van der Waals surface area contributed by atoms with E-state index in [9.17, 15) is 9.59 Å². The van der Waals surface area contributed by atoms with Gasteiger partial charge in [0.2, 0.25) is 0 Å². The molecule has 0 bridgehead atoms. The normalized spacial score (nSPS) is 13.0. The van der Waals surface area contributed by atoms with Crippen molar-refractivity contribution in [3.63, 3.8) is 0 Å². The smallest absolute Gasteiger partial charge is 0.407 e. The van der Waals surface area contributed by atoms with Crippen LogP contribution in [0.2, 0.25) is 0 Å². The maximum absolute atomic E-state index is 11.3. The van der Waals surface area contributed by atoms with Crippen molar-refractivity contribution >= 4 is 12.1 Å². The van der Waals surface area contributed by atoms with Gasteiger partial charge in [-0.3, -0.25) is 4.79 Å². The van der Waals surface area contributed by atoms with Crippen LogP contribution in [0.5, 0.6) is 0 Å². The lowest BCUT2D eigenvalue weighted by Gasteiger charge is -2.21. The molecule has 0 aliphatic rings. The fourth-order valence-electron chi connectivity index (χ4n) is 1.14. The summed E-state index contributed by atoms with van der Waals surface area (Å²) in [5, 5.41) is 11.1. The van der Waals surface area contributed by atoms with Crippen LogP contribution in [-0.2, 0) is 9.53 Å². The number of alkyl carbamates (subject to hydrolysis) is 1. The Hall–Kier alpha value is -1.26. The number of aliphatic carboxylic acids is 1. The molecule has 0 aromatic rings. The maximum Gasteiger partial charge on any atom is 0.407 e. The Bertz CT molecular complexity index is 245. The van der Waals surface area contributed by atoms with Gasteiger partial charge in [0.15, 0.2) is 0 Å². The average molecular weight is 231 g/mol. The molecule has 0 heterocycles. The van der Waals surface area contributed by atoms with Gasteiger partial charge in [0.25, 0.3) is 0 Å². The lowest BCUT2D eigenvalue weighted by Crippen LogP contribution is -2.37. The summed E-state index contributed by atoms with van der Waals surface area (Å²) in [5.74, 6) is -0.815. The predicted molar refractivity (Wildman–Crippen MR) is 60.3 cm³/mol. The fraction of sp³-hybridized carbons (Fsp3) is 0.818. The molecule has 0 aliphatic heterocycles. The van der Waals surface area contributed by atoms with E-state index in [4.69, 9.17) is 9.84 Å². The highest BCUT2D eigenvalue weighted by atomic mass is 16.6. The van der Waals surface area contributed by atoms with Crippen molar-refractivity contribution in [2.45, 2.75) is 58.6 Å². The summed E-state index contributed by atoms with van der Waals surface area (Å²) >= 11 is 0. The van der Waals surface area contributed by atoms with Crippen LogP contribution in [0.1, 0.15) is 47.0 Å². The zero-order valence-corrected chi connectivity index (χ0v) is 10.4. The molecule has 0 unspecified atom stereocenters. The SMILES string of the molecule is C[C@@H](CCCC(=O)O)NC(=O)OC(C)(C)C. The van der Waals surface area contributed by atoms with Crippen LogP contribution in [0.3, 0.4) is 0 Å². The van der Waals surface area contributed by atoms with Crippen molar-refractivity contribution in [1.29, 1.82) is 0 Å². The summed E-state index contributed by atoms with van der Waals surface area (Å²) in [7, 11) is 0.